The third kappa shape index (κ3) is 3.42. The predicted molar refractivity (Wildman–Crippen MR) is 75.2 cm³/mol. The summed E-state index contributed by atoms with van der Waals surface area (Å²) in [6.07, 6.45) is 0.639. The van der Waals surface area contributed by atoms with Crippen LogP contribution >= 0.6 is 0 Å². The number of benzene rings is 1. The van der Waals surface area contributed by atoms with Gasteiger partial charge in [0.05, 0.1) is 5.56 Å². The number of carbonyl (C=O) groups is 1. The van der Waals surface area contributed by atoms with Crippen molar-refractivity contribution in [3.63, 3.8) is 0 Å². The third-order valence-electron chi connectivity index (χ3n) is 3.33. The van der Waals surface area contributed by atoms with Crippen molar-refractivity contribution in [3.8, 4) is 11.5 Å². The van der Waals surface area contributed by atoms with Crippen molar-refractivity contribution in [2.24, 2.45) is 5.41 Å². The number of carbonyl (C=O) groups excluding carboxylic acids is 1. The normalized spacial score (nSPS) is 13.9. The summed E-state index contributed by atoms with van der Waals surface area (Å²) in [5.41, 5.74) is 0.346. The van der Waals surface area contributed by atoms with Crippen molar-refractivity contribution in [3.05, 3.63) is 23.8 Å². The average molecular weight is 279 g/mol. The van der Waals surface area contributed by atoms with Gasteiger partial charge < -0.3 is 19.9 Å². The Morgan fingerprint density at radius 1 is 1.35 bits per heavy atom. The predicted octanol–water partition coefficient (Wildman–Crippen LogP) is 1.60. The summed E-state index contributed by atoms with van der Waals surface area (Å²) in [7, 11) is 0. The molecule has 1 aliphatic heterocycles. The molecule has 0 saturated carbocycles. The van der Waals surface area contributed by atoms with Crippen molar-refractivity contribution < 1.29 is 19.4 Å². The van der Waals surface area contributed by atoms with Crippen LogP contribution in [0.3, 0.4) is 0 Å². The summed E-state index contributed by atoms with van der Waals surface area (Å²) in [5, 5.41) is 11.9. The van der Waals surface area contributed by atoms with E-state index >= 15 is 0 Å². The summed E-state index contributed by atoms with van der Waals surface area (Å²) >= 11 is 0. The van der Waals surface area contributed by atoms with Gasteiger partial charge in [0.2, 0.25) is 0 Å². The first-order valence-corrected chi connectivity index (χ1v) is 6.81. The first kappa shape index (κ1) is 14.7. The molecule has 20 heavy (non-hydrogen) atoms. The van der Waals surface area contributed by atoms with Gasteiger partial charge in [-0.15, -0.1) is 0 Å². The average Bonchev–Trinajstić information content (AvgIpc) is 2.44. The summed E-state index contributed by atoms with van der Waals surface area (Å²) in [4.78, 5) is 12.3. The van der Waals surface area contributed by atoms with Gasteiger partial charge in [-0.25, -0.2) is 0 Å². The van der Waals surface area contributed by atoms with E-state index in [4.69, 9.17) is 14.6 Å². The molecule has 0 fully saturated rings. The van der Waals surface area contributed by atoms with E-state index in [1.165, 1.54) is 0 Å². The Kier molecular flexibility index (Phi) is 4.49. The fraction of sp³-hybridized carbons (Fsp3) is 0.533. The maximum atomic E-state index is 12.3. The lowest BCUT2D eigenvalue weighted by Crippen LogP contribution is -2.35. The molecule has 0 spiro atoms. The number of ether oxygens (including phenoxy) is 2. The molecule has 5 heteroatoms. The van der Waals surface area contributed by atoms with E-state index in [1.54, 1.807) is 18.2 Å². The number of hydrogen-bond donors (Lipinski definition) is 2. The molecule has 0 saturated heterocycles. The highest BCUT2D eigenvalue weighted by atomic mass is 16.6. The van der Waals surface area contributed by atoms with Crippen LogP contribution in [0.4, 0.5) is 0 Å². The highest BCUT2D eigenvalue weighted by Crippen LogP contribution is 2.33. The van der Waals surface area contributed by atoms with E-state index < -0.39 is 0 Å². The molecule has 0 aliphatic carbocycles. The second-order valence-corrected chi connectivity index (χ2v) is 5.65. The van der Waals surface area contributed by atoms with Crippen molar-refractivity contribution in [1.82, 2.24) is 5.32 Å². The fourth-order valence-corrected chi connectivity index (χ4v) is 2.06. The number of amides is 1. The smallest absolute Gasteiger partial charge is 0.255 e. The van der Waals surface area contributed by atoms with Gasteiger partial charge >= 0.3 is 0 Å². The minimum atomic E-state index is -0.182. The summed E-state index contributed by atoms with van der Waals surface area (Å²) in [6, 6.07) is 5.30. The van der Waals surface area contributed by atoms with Gasteiger partial charge in [0.25, 0.3) is 5.91 Å². The van der Waals surface area contributed by atoms with Crippen molar-refractivity contribution in [2.75, 3.05) is 26.4 Å². The second kappa shape index (κ2) is 6.13. The minimum Gasteiger partial charge on any atom is -0.486 e. The van der Waals surface area contributed by atoms with E-state index in [2.05, 4.69) is 5.32 Å². The maximum absolute atomic E-state index is 12.3. The SMILES string of the molecule is CC(C)(CCO)CNC(=O)c1cccc2c1OCCO2. The molecule has 1 aromatic carbocycles. The Hall–Kier alpha value is -1.75. The molecule has 2 rings (SSSR count). The summed E-state index contributed by atoms with van der Waals surface area (Å²) in [6.45, 7) is 5.57. The molecule has 110 valence electrons. The van der Waals surface area contributed by atoms with Crippen LogP contribution in [-0.2, 0) is 0 Å². The van der Waals surface area contributed by atoms with Crippen molar-refractivity contribution in [1.29, 1.82) is 0 Å². The van der Waals surface area contributed by atoms with Gasteiger partial charge in [0.15, 0.2) is 11.5 Å². The lowest BCUT2D eigenvalue weighted by molar-refractivity contribution is 0.0917. The molecule has 0 bridgehead atoms. The number of hydrogen-bond acceptors (Lipinski definition) is 4. The highest BCUT2D eigenvalue weighted by Gasteiger charge is 2.23. The zero-order chi connectivity index (χ0) is 14.6. The molecule has 1 amide bonds. The quantitative estimate of drug-likeness (QED) is 0.859. The van der Waals surface area contributed by atoms with Crippen LogP contribution in [0.1, 0.15) is 30.6 Å². The van der Waals surface area contributed by atoms with Gasteiger partial charge in [0.1, 0.15) is 13.2 Å². The van der Waals surface area contributed by atoms with E-state index in [9.17, 15) is 4.79 Å². The summed E-state index contributed by atoms with van der Waals surface area (Å²) in [5.74, 6) is 0.938. The Morgan fingerprint density at radius 3 is 2.85 bits per heavy atom. The number of rotatable bonds is 5. The van der Waals surface area contributed by atoms with Crippen LogP contribution in [-0.4, -0.2) is 37.4 Å². The molecule has 1 aliphatic rings. The fourth-order valence-electron chi connectivity index (χ4n) is 2.06. The molecular formula is C15H21NO4. The molecule has 0 radical (unpaired) electrons. The molecule has 2 N–H and O–H groups in total. The van der Waals surface area contributed by atoms with E-state index in [-0.39, 0.29) is 17.9 Å². The van der Waals surface area contributed by atoms with Gasteiger partial charge in [-0.1, -0.05) is 19.9 Å². The number of para-hydroxylation sites is 1. The highest BCUT2D eigenvalue weighted by molar-refractivity contribution is 5.97. The van der Waals surface area contributed by atoms with Crippen LogP contribution in [0.25, 0.3) is 0 Å². The van der Waals surface area contributed by atoms with Crippen molar-refractivity contribution in [2.45, 2.75) is 20.3 Å². The van der Waals surface area contributed by atoms with E-state index in [0.717, 1.165) is 0 Å². The van der Waals surface area contributed by atoms with Crippen molar-refractivity contribution >= 4 is 5.91 Å². The topological polar surface area (TPSA) is 67.8 Å². The third-order valence-corrected chi connectivity index (χ3v) is 3.33. The molecule has 0 unspecified atom stereocenters. The number of fused-ring (bicyclic) bond motifs is 1. The number of aliphatic hydroxyl groups is 1. The Labute approximate surface area is 118 Å². The molecular weight excluding hydrogens is 258 g/mol. The monoisotopic (exact) mass is 279 g/mol. The lowest BCUT2D eigenvalue weighted by Gasteiger charge is -2.25. The first-order valence-electron chi connectivity index (χ1n) is 6.81. The molecule has 1 heterocycles. The lowest BCUT2D eigenvalue weighted by atomic mass is 9.89. The second-order valence-electron chi connectivity index (χ2n) is 5.65. The standard InChI is InChI=1S/C15H21NO4/c1-15(2,6-7-17)10-16-14(18)11-4-3-5-12-13(11)20-9-8-19-12/h3-5,17H,6-10H2,1-2H3,(H,16,18). The minimum absolute atomic E-state index is 0.112. The molecule has 0 aromatic heterocycles. The number of aliphatic hydroxyl groups excluding tert-OH is 1. The van der Waals surface area contributed by atoms with Crippen LogP contribution in [0, 0.1) is 5.41 Å². The zero-order valence-corrected chi connectivity index (χ0v) is 11.9. The Balaban J connectivity index is 2.06. The van der Waals surface area contributed by atoms with Gasteiger partial charge in [-0.05, 0) is 24.0 Å². The van der Waals surface area contributed by atoms with Crippen LogP contribution < -0.4 is 14.8 Å². The maximum Gasteiger partial charge on any atom is 0.255 e. The van der Waals surface area contributed by atoms with E-state index in [1.807, 2.05) is 13.8 Å². The zero-order valence-electron chi connectivity index (χ0n) is 11.9. The molecule has 1 aromatic rings. The first-order chi connectivity index (χ1) is 9.53. The van der Waals surface area contributed by atoms with E-state index in [0.29, 0.717) is 43.2 Å². The Morgan fingerprint density at radius 2 is 2.10 bits per heavy atom. The van der Waals surface area contributed by atoms with Gasteiger partial charge in [0, 0.05) is 13.2 Å². The largest absolute Gasteiger partial charge is 0.486 e. The molecule has 0 atom stereocenters. The van der Waals surface area contributed by atoms with Crippen LogP contribution in [0.5, 0.6) is 11.5 Å². The van der Waals surface area contributed by atoms with Gasteiger partial charge in [-0.2, -0.15) is 0 Å². The Bertz CT molecular complexity index is 485. The van der Waals surface area contributed by atoms with Gasteiger partial charge in [-0.3, -0.25) is 4.79 Å². The summed E-state index contributed by atoms with van der Waals surface area (Å²) < 4.78 is 11.0. The molecule has 5 nitrogen and oxygen atoms in total. The van der Waals surface area contributed by atoms with Crippen LogP contribution in [0.2, 0.25) is 0 Å². The van der Waals surface area contributed by atoms with Crippen LogP contribution in [0.15, 0.2) is 18.2 Å². The number of nitrogens with one attached hydrogen (secondary N) is 1.